The van der Waals surface area contributed by atoms with Crippen molar-refractivity contribution in [3.8, 4) is 11.1 Å². The Labute approximate surface area is 136 Å². The van der Waals surface area contributed by atoms with Crippen LogP contribution in [0.5, 0.6) is 0 Å². The molecule has 0 radical (unpaired) electrons. The fraction of sp³-hybridized carbons (Fsp3) is 0.0435. The Morgan fingerprint density at radius 3 is 1.78 bits per heavy atom. The van der Waals surface area contributed by atoms with Gasteiger partial charge in [0.2, 0.25) is 0 Å². The van der Waals surface area contributed by atoms with Crippen LogP contribution in [0.1, 0.15) is 12.5 Å². The second-order valence-electron chi connectivity index (χ2n) is 5.82. The van der Waals surface area contributed by atoms with Gasteiger partial charge in [0.25, 0.3) is 0 Å². The zero-order valence-corrected chi connectivity index (χ0v) is 13.2. The summed E-state index contributed by atoms with van der Waals surface area (Å²) >= 11 is 0. The van der Waals surface area contributed by atoms with Gasteiger partial charge < -0.3 is 0 Å². The predicted molar refractivity (Wildman–Crippen MR) is 102 cm³/mol. The molecule has 4 aromatic rings. The maximum absolute atomic E-state index is 2.28. The summed E-state index contributed by atoms with van der Waals surface area (Å²) < 4.78 is 0. The minimum Gasteiger partial charge on any atom is -0.0871 e. The first-order valence-electron chi connectivity index (χ1n) is 8.00. The lowest BCUT2D eigenvalue weighted by molar-refractivity contribution is 1.63. The molecule has 0 spiro atoms. The van der Waals surface area contributed by atoms with Gasteiger partial charge in [-0.05, 0) is 51.2 Å². The molecule has 0 heterocycles. The highest BCUT2D eigenvalue weighted by molar-refractivity contribution is 6.12. The topological polar surface area (TPSA) is 0 Å². The molecule has 0 saturated carbocycles. The molecule has 0 fully saturated rings. The lowest BCUT2D eigenvalue weighted by atomic mass is 9.92. The van der Waals surface area contributed by atoms with E-state index < -0.39 is 0 Å². The number of benzene rings is 4. The molecule has 0 aliphatic carbocycles. The number of allylic oxidation sites excluding steroid dienone is 1. The Bertz CT molecular complexity index is 951. The first-order chi connectivity index (χ1) is 11.4. The minimum absolute atomic E-state index is 1.24. The first kappa shape index (κ1) is 13.8. The fourth-order valence-electron chi connectivity index (χ4n) is 3.28. The third-order valence-corrected chi connectivity index (χ3v) is 4.33. The van der Waals surface area contributed by atoms with Crippen LogP contribution in [0.15, 0.2) is 84.9 Å². The first-order valence-corrected chi connectivity index (χ1v) is 8.00. The lowest BCUT2D eigenvalue weighted by Gasteiger charge is -2.12. The van der Waals surface area contributed by atoms with Crippen molar-refractivity contribution in [2.45, 2.75) is 6.92 Å². The molecule has 0 atom stereocenters. The number of rotatable bonds is 2. The van der Waals surface area contributed by atoms with E-state index in [9.17, 15) is 0 Å². The van der Waals surface area contributed by atoms with Crippen LogP contribution in [-0.4, -0.2) is 0 Å². The van der Waals surface area contributed by atoms with Crippen LogP contribution in [0.4, 0.5) is 0 Å². The van der Waals surface area contributed by atoms with E-state index in [-0.39, 0.29) is 0 Å². The van der Waals surface area contributed by atoms with Crippen molar-refractivity contribution in [1.29, 1.82) is 0 Å². The van der Waals surface area contributed by atoms with E-state index in [0.717, 1.165) is 0 Å². The standard InChI is InChI=1S/C23H18/c1-2-7-17-12-14-18(15-13-17)23-21-10-5-3-8-19(21)16-20-9-4-6-11-22(20)23/h2-16H,1H3. The average Bonchev–Trinajstić information content (AvgIpc) is 2.61. The van der Waals surface area contributed by atoms with E-state index in [2.05, 4.69) is 91.0 Å². The zero-order valence-electron chi connectivity index (χ0n) is 13.2. The van der Waals surface area contributed by atoms with Gasteiger partial charge in [0.1, 0.15) is 0 Å². The summed E-state index contributed by atoms with van der Waals surface area (Å²) in [6.07, 6.45) is 4.20. The van der Waals surface area contributed by atoms with E-state index in [1.54, 1.807) is 0 Å². The van der Waals surface area contributed by atoms with Crippen LogP contribution in [0.25, 0.3) is 38.7 Å². The molecule has 0 nitrogen and oxygen atoms in total. The van der Waals surface area contributed by atoms with Crippen molar-refractivity contribution in [3.05, 3.63) is 90.5 Å². The second kappa shape index (κ2) is 5.73. The minimum atomic E-state index is 1.24. The van der Waals surface area contributed by atoms with Crippen molar-refractivity contribution in [1.82, 2.24) is 0 Å². The van der Waals surface area contributed by atoms with Crippen molar-refractivity contribution < 1.29 is 0 Å². The molecule has 110 valence electrons. The Morgan fingerprint density at radius 1 is 0.652 bits per heavy atom. The van der Waals surface area contributed by atoms with Gasteiger partial charge in [-0.1, -0.05) is 84.9 Å². The molecule has 0 unspecified atom stereocenters. The molecule has 23 heavy (non-hydrogen) atoms. The highest BCUT2D eigenvalue weighted by atomic mass is 14.1. The molecule has 4 rings (SSSR count). The molecule has 0 heteroatoms. The van der Waals surface area contributed by atoms with E-state index in [4.69, 9.17) is 0 Å². The molecule has 4 aromatic carbocycles. The van der Waals surface area contributed by atoms with Crippen LogP contribution in [0, 0.1) is 0 Å². The SMILES string of the molecule is CC=Cc1ccc(-c2c3ccccc3cc3ccccc23)cc1. The van der Waals surface area contributed by atoms with Crippen molar-refractivity contribution in [3.63, 3.8) is 0 Å². The van der Waals surface area contributed by atoms with Gasteiger partial charge in [-0.3, -0.25) is 0 Å². The molecule has 0 aliphatic rings. The van der Waals surface area contributed by atoms with Crippen LogP contribution >= 0.6 is 0 Å². The van der Waals surface area contributed by atoms with Gasteiger partial charge in [0.15, 0.2) is 0 Å². The Balaban J connectivity index is 2.06. The van der Waals surface area contributed by atoms with Crippen LogP contribution in [0.2, 0.25) is 0 Å². The summed E-state index contributed by atoms with van der Waals surface area (Å²) in [5.74, 6) is 0. The van der Waals surface area contributed by atoms with Gasteiger partial charge in [0.05, 0.1) is 0 Å². The van der Waals surface area contributed by atoms with Crippen molar-refractivity contribution >= 4 is 27.6 Å². The number of hydrogen-bond donors (Lipinski definition) is 0. The third kappa shape index (κ3) is 2.43. The summed E-state index contributed by atoms with van der Waals surface area (Å²) in [7, 11) is 0. The number of hydrogen-bond acceptors (Lipinski definition) is 0. The third-order valence-electron chi connectivity index (χ3n) is 4.33. The van der Waals surface area contributed by atoms with E-state index in [1.165, 1.54) is 38.2 Å². The summed E-state index contributed by atoms with van der Waals surface area (Å²) in [5, 5.41) is 5.20. The van der Waals surface area contributed by atoms with Crippen molar-refractivity contribution in [2.24, 2.45) is 0 Å². The van der Waals surface area contributed by atoms with Gasteiger partial charge in [0, 0.05) is 0 Å². The monoisotopic (exact) mass is 294 g/mol. The summed E-state index contributed by atoms with van der Waals surface area (Å²) in [6.45, 7) is 2.05. The highest BCUT2D eigenvalue weighted by Gasteiger charge is 2.09. The number of fused-ring (bicyclic) bond motifs is 2. The van der Waals surface area contributed by atoms with Gasteiger partial charge in [-0.15, -0.1) is 0 Å². The molecule has 0 saturated heterocycles. The molecule has 0 N–H and O–H groups in total. The van der Waals surface area contributed by atoms with E-state index >= 15 is 0 Å². The Morgan fingerprint density at radius 2 is 1.22 bits per heavy atom. The van der Waals surface area contributed by atoms with Crippen molar-refractivity contribution in [2.75, 3.05) is 0 Å². The van der Waals surface area contributed by atoms with E-state index in [1.807, 2.05) is 6.92 Å². The molecule has 0 bridgehead atoms. The molecule has 0 aliphatic heterocycles. The summed E-state index contributed by atoms with van der Waals surface area (Å²) in [6, 6.07) is 28.4. The largest absolute Gasteiger partial charge is 0.0871 e. The van der Waals surface area contributed by atoms with Gasteiger partial charge >= 0.3 is 0 Å². The highest BCUT2D eigenvalue weighted by Crippen LogP contribution is 2.36. The molecular formula is C23H18. The van der Waals surface area contributed by atoms with E-state index in [0.29, 0.717) is 0 Å². The zero-order chi connectivity index (χ0) is 15.6. The summed E-state index contributed by atoms with van der Waals surface area (Å²) in [4.78, 5) is 0. The summed E-state index contributed by atoms with van der Waals surface area (Å²) in [5.41, 5.74) is 3.83. The smallest absolute Gasteiger partial charge is 0.00268 e. The average molecular weight is 294 g/mol. The maximum Gasteiger partial charge on any atom is -0.00268 e. The van der Waals surface area contributed by atoms with Gasteiger partial charge in [-0.25, -0.2) is 0 Å². The Hall–Kier alpha value is -2.86. The maximum atomic E-state index is 2.28. The van der Waals surface area contributed by atoms with Crippen LogP contribution in [-0.2, 0) is 0 Å². The fourth-order valence-corrected chi connectivity index (χ4v) is 3.28. The molecule has 0 amide bonds. The quantitative estimate of drug-likeness (QED) is 0.361. The predicted octanol–water partition coefficient (Wildman–Crippen LogP) is 6.69. The normalized spacial score (nSPS) is 11.5. The van der Waals surface area contributed by atoms with Gasteiger partial charge in [-0.2, -0.15) is 0 Å². The van der Waals surface area contributed by atoms with Crippen LogP contribution < -0.4 is 0 Å². The molecular weight excluding hydrogens is 276 g/mol. The Kier molecular flexibility index (Phi) is 3.44. The lowest BCUT2D eigenvalue weighted by Crippen LogP contribution is -1.85. The second-order valence-corrected chi connectivity index (χ2v) is 5.82. The van der Waals surface area contributed by atoms with Crippen LogP contribution in [0.3, 0.4) is 0 Å². The molecule has 0 aromatic heterocycles.